The zero-order valence-corrected chi connectivity index (χ0v) is 11.7. The highest BCUT2D eigenvalue weighted by atomic mass is 35.5. The van der Waals surface area contributed by atoms with Gasteiger partial charge in [0.25, 0.3) is 0 Å². The van der Waals surface area contributed by atoms with E-state index in [0.29, 0.717) is 5.02 Å². The molecule has 18 heavy (non-hydrogen) atoms. The molecule has 1 N–H and O–H groups in total. The third-order valence-electron chi connectivity index (χ3n) is 4.46. The molecule has 1 aromatic rings. The predicted octanol–water partition coefficient (Wildman–Crippen LogP) is 3.20. The van der Waals surface area contributed by atoms with Gasteiger partial charge in [-0.15, -0.1) is 0 Å². The van der Waals surface area contributed by atoms with Crippen LogP contribution in [-0.4, -0.2) is 17.0 Å². The molecule has 0 bridgehead atoms. The van der Waals surface area contributed by atoms with Crippen molar-refractivity contribution in [2.24, 2.45) is 11.8 Å². The van der Waals surface area contributed by atoms with Gasteiger partial charge in [-0.1, -0.05) is 43.6 Å². The van der Waals surface area contributed by atoms with Crippen molar-refractivity contribution in [3.63, 3.8) is 0 Å². The second-order valence-electron chi connectivity index (χ2n) is 5.61. The lowest BCUT2D eigenvalue weighted by molar-refractivity contribution is -0.142. The average molecular weight is 267 g/mol. The van der Waals surface area contributed by atoms with Crippen LogP contribution in [0.25, 0.3) is 0 Å². The Morgan fingerprint density at radius 2 is 1.94 bits per heavy atom. The number of hydrogen-bond acceptors (Lipinski definition) is 2. The van der Waals surface area contributed by atoms with Crippen molar-refractivity contribution in [2.75, 3.05) is 0 Å². The SMILES string of the molecule is C[C@@H]1C[C@H](C)[C@](C)(c2ccccc2Cl)C(=O)[C@H]1O. The maximum absolute atomic E-state index is 12.5. The van der Waals surface area contributed by atoms with Crippen molar-refractivity contribution < 1.29 is 9.90 Å². The molecule has 1 saturated carbocycles. The van der Waals surface area contributed by atoms with E-state index >= 15 is 0 Å². The molecule has 1 aliphatic carbocycles. The average Bonchev–Trinajstić information content (AvgIpc) is 2.34. The summed E-state index contributed by atoms with van der Waals surface area (Å²) in [5.41, 5.74) is 0.139. The van der Waals surface area contributed by atoms with Crippen molar-refractivity contribution in [3.8, 4) is 0 Å². The molecule has 0 heterocycles. The second-order valence-corrected chi connectivity index (χ2v) is 6.01. The van der Waals surface area contributed by atoms with Gasteiger partial charge in [0.1, 0.15) is 6.10 Å². The van der Waals surface area contributed by atoms with Gasteiger partial charge in [-0.2, -0.15) is 0 Å². The summed E-state index contributed by atoms with van der Waals surface area (Å²) in [6.45, 7) is 5.88. The van der Waals surface area contributed by atoms with Crippen molar-refractivity contribution >= 4 is 17.4 Å². The Morgan fingerprint density at radius 3 is 2.56 bits per heavy atom. The maximum Gasteiger partial charge on any atom is 0.172 e. The summed E-state index contributed by atoms with van der Waals surface area (Å²) in [5, 5.41) is 10.7. The van der Waals surface area contributed by atoms with Crippen molar-refractivity contribution in [1.29, 1.82) is 0 Å². The van der Waals surface area contributed by atoms with E-state index in [0.717, 1.165) is 12.0 Å². The molecular weight excluding hydrogens is 248 g/mol. The fourth-order valence-corrected chi connectivity index (χ4v) is 3.34. The fourth-order valence-electron chi connectivity index (χ4n) is 3.01. The van der Waals surface area contributed by atoms with Crippen molar-refractivity contribution in [3.05, 3.63) is 34.9 Å². The van der Waals surface area contributed by atoms with Crippen LogP contribution in [-0.2, 0) is 10.2 Å². The fraction of sp³-hybridized carbons (Fsp3) is 0.533. The predicted molar refractivity (Wildman–Crippen MR) is 72.8 cm³/mol. The van der Waals surface area contributed by atoms with Crippen LogP contribution in [0.5, 0.6) is 0 Å². The van der Waals surface area contributed by atoms with Crippen LogP contribution in [0.2, 0.25) is 5.02 Å². The van der Waals surface area contributed by atoms with Gasteiger partial charge in [-0.25, -0.2) is 0 Å². The Morgan fingerprint density at radius 1 is 1.33 bits per heavy atom. The first kappa shape index (κ1) is 13.6. The first-order valence-electron chi connectivity index (χ1n) is 6.36. The van der Waals surface area contributed by atoms with Crippen LogP contribution in [0.4, 0.5) is 0 Å². The van der Waals surface area contributed by atoms with E-state index in [2.05, 4.69) is 6.92 Å². The molecular formula is C15H19ClO2. The lowest BCUT2D eigenvalue weighted by atomic mass is 9.60. The Bertz CT molecular complexity index is 471. The molecule has 98 valence electrons. The molecule has 1 aromatic carbocycles. The van der Waals surface area contributed by atoms with Gasteiger partial charge in [-0.3, -0.25) is 4.79 Å². The van der Waals surface area contributed by atoms with Crippen LogP contribution in [0.3, 0.4) is 0 Å². The summed E-state index contributed by atoms with van der Waals surface area (Å²) < 4.78 is 0. The highest BCUT2D eigenvalue weighted by Gasteiger charge is 2.49. The number of hydrogen-bond donors (Lipinski definition) is 1. The highest BCUT2D eigenvalue weighted by molar-refractivity contribution is 6.31. The van der Waals surface area contributed by atoms with Crippen LogP contribution in [0.15, 0.2) is 24.3 Å². The van der Waals surface area contributed by atoms with E-state index in [1.165, 1.54) is 0 Å². The monoisotopic (exact) mass is 266 g/mol. The molecule has 0 saturated heterocycles. The number of benzene rings is 1. The van der Waals surface area contributed by atoms with Crippen LogP contribution >= 0.6 is 11.6 Å². The van der Waals surface area contributed by atoms with E-state index in [4.69, 9.17) is 11.6 Å². The molecule has 0 amide bonds. The first-order chi connectivity index (χ1) is 8.39. The van der Waals surface area contributed by atoms with Gasteiger partial charge in [0.15, 0.2) is 5.78 Å². The van der Waals surface area contributed by atoms with Crippen molar-refractivity contribution in [1.82, 2.24) is 0 Å². The molecule has 1 fully saturated rings. The Hall–Kier alpha value is -0.860. The Kier molecular flexibility index (Phi) is 3.52. The third kappa shape index (κ3) is 1.88. The maximum atomic E-state index is 12.5. The third-order valence-corrected chi connectivity index (χ3v) is 4.79. The smallest absolute Gasteiger partial charge is 0.172 e. The van der Waals surface area contributed by atoms with Gasteiger partial charge in [-0.05, 0) is 36.8 Å². The normalized spacial score (nSPS) is 36.7. The minimum atomic E-state index is -0.887. The molecule has 2 nitrogen and oxygen atoms in total. The summed E-state index contributed by atoms with van der Waals surface area (Å²) in [7, 11) is 0. The zero-order valence-electron chi connectivity index (χ0n) is 11.0. The summed E-state index contributed by atoms with van der Waals surface area (Å²) in [6, 6.07) is 7.43. The quantitative estimate of drug-likeness (QED) is 0.848. The summed E-state index contributed by atoms with van der Waals surface area (Å²) in [5.74, 6) is 0.0770. The van der Waals surface area contributed by atoms with Crippen LogP contribution < -0.4 is 0 Å². The minimum absolute atomic E-state index is 0.0167. The topological polar surface area (TPSA) is 37.3 Å². The second kappa shape index (κ2) is 4.67. The van der Waals surface area contributed by atoms with Gasteiger partial charge in [0, 0.05) is 5.02 Å². The van der Waals surface area contributed by atoms with Crippen LogP contribution in [0, 0.1) is 11.8 Å². The number of halogens is 1. The van der Waals surface area contributed by atoms with E-state index in [1.54, 1.807) is 6.07 Å². The number of carbonyl (C=O) groups is 1. The van der Waals surface area contributed by atoms with E-state index < -0.39 is 11.5 Å². The number of rotatable bonds is 1. The van der Waals surface area contributed by atoms with Gasteiger partial charge >= 0.3 is 0 Å². The molecule has 4 atom stereocenters. The molecule has 0 aromatic heterocycles. The van der Waals surface area contributed by atoms with Gasteiger partial charge < -0.3 is 5.11 Å². The van der Waals surface area contributed by atoms with E-state index in [1.807, 2.05) is 32.0 Å². The van der Waals surface area contributed by atoms with Gasteiger partial charge in [0.2, 0.25) is 0 Å². The number of aliphatic hydroxyl groups is 1. The number of Topliss-reactive ketones (excluding diaryl/α,β-unsaturated/α-hetero) is 1. The summed E-state index contributed by atoms with van der Waals surface area (Å²) in [6.07, 6.45) is -0.0586. The largest absolute Gasteiger partial charge is 0.385 e. The molecule has 3 heteroatoms. The molecule has 2 rings (SSSR count). The number of aliphatic hydroxyl groups excluding tert-OH is 1. The molecule has 0 spiro atoms. The lowest BCUT2D eigenvalue weighted by Crippen LogP contribution is -2.52. The minimum Gasteiger partial charge on any atom is -0.385 e. The molecule has 0 radical (unpaired) electrons. The Balaban J connectivity index is 2.52. The van der Waals surface area contributed by atoms with Gasteiger partial charge in [0.05, 0.1) is 5.41 Å². The number of carbonyl (C=O) groups excluding carboxylic acids is 1. The van der Waals surface area contributed by atoms with E-state index in [9.17, 15) is 9.90 Å². The van der Waals surface area contributed by atoms with Crippen molar-refractivity contribution in [2.45, 2.75) is 38.7 Å². The standard InChI is InChI=1S/C15H19ClO2/c1-9-8-10(2)15(3,14(18)13(9)17)11-6-4-5-7-12(11)16/h4-7,9-10,13,17H,8H2,1-3H3/t9-,10+,13+,15-/m1/s1. The lowest BCUT2D eigenvalue weighted by Gasteiger charge is -2.43. The summed E-state index contributed by atoms with van der Waals surface area (Å²) >= 11 is 6.23. The highest BCUT2D eigenvalue weighted by Crippen LogP contribution is 2.45. The summed E-state index contributed by atoms with van der Waals surface area (Å²) in [4.78, 5) is 12.5. The molecule has 0 aliphatic heterocycles. The zero-order chi connectivity index (χ0) is 13.5. The first-order valence-corrected chi connectivity index (χ1v) is 6.74. The van der Waals surface area contributed by atoms with Crippen LogP contribution in [0.1, 0.15) is 32.8 Å². The number of ketones is 1. The molecule has 0 unspecified atom stereocenters. The Labute approximate surface area is 113 Å². The van der Waals surface area contributed by atoms with E-state index in [-0.39, 0.29) is 17.6 Å². The molecule has 1 aliphatic rings.